The number of nitrogens with one attached hydrogen (secondary N) is 2. The van der Waals surface area contributed by atoms with Gasteiger partial charge in [0.2, 0.25) is 0 Å². The molecule has 2 N–H and O–H groups in total. The van der Waals surface area contributed by atoms with Crippen LogP contribution in [0, 0.1) is 0 Å². The zero-order valence-corrected chi connectivity index (χ0v) is 10.5. The van der Waals surface area contributed by atoms with Gasteiger partial charge in [0, 0.05) is 19.2 Å². The maximum atomic E-state index is 11.7. The molecule has 1 rings (SSSR count). The number of aromatic nitrogens is 2. The predicted molar refractivity (Wildman–Crippen MR) is 68.1 cm³/mol. The maximum Gasteiger partial charge on any atom is 0.270 e. The molecule has 1 heterocycles. The van der Waals surface area contributed by atoms with Crippen LogP contribution in [-0.4, -0.2) is 29.0 Å². The van der Waals surface area contributed by atoms with Crippen LogP contribution < -0.4 is 10.6 Å². The summed E-state index contributed by atoms with van der Waals surface area (Å²) in [5.41, 5.74) is 0.410. The van der Waals surface area contributed by atoms with E-state index in [1.807, 2.05) is 6.92 Å². The molecular weight excluding hydrogens is 216 g/mol. The normalized spacial score (nSPS) is 10.0. The predicted octanol–water partition coefficient (Wildman–Crippen LogP) is 1.83. The van der Waals surface area contributed by atoms with E-state index in [1.54, 1.807) is 6.07 Å². The van der Waals surface area contributed by atoms with Gasteiger partial charge in [-0.2, -0.15) is 0 Å². The number of carbonyl (C=O) groups is 1. The van der Waals surface area contributed by atoms with Crippen LogP contribution in [0.5, 0.6) is 0 Å². The number of nitrogens with zero attached hydrogens (tertiary/aromatic N) is 2. The number of hydrogen-bond donors (Lipinski definition) is 2. The molecule has 0 spiro atoms. The molecule has 0 saturated carbocycles. The average Bonchev–Trinajstić information content (AvgIpc) is 2.36. The second-order valence-electron chi connectivity index (χ2n) is 3.82. The lowest BCUT2D eigenvalue weighted by atomic mass is 10.3. The smallest absolute Gasteiger partial charge is 0.270 e. The Kier molecular flexibility index (Phi) is 5.99. The van der Waals surface area contributed by atoms with E-state index in [2.05, 4.69) is 27.5 Å². The molecule has 5 nitrogen and oxygen atoms in total. The molecule has 17 heavy (non-hydrogen) atoms. The fourth-order valence-electron chi connectivity index (χ4n) is 1.30. The van der Waals surface area contributed by atoms with Crippen LogP contribution in [-0.2, 0) is 0 Å². The molecule has 0 saturated heterocycles. The summed E-state index contributed by atoms with van der Waals surface area (Å²) in [5, 5.41) is 5.95. The van der Waals surface area contributed by atoms with Crippen molar-refractivity contribution in [2.75, 3.05) is 18.4 Å². The SMILES string of the molecule is CCCCNc1cc(C(=O)NCCC)ncn1. The number of amides is 1. The first kappa shape index (κ1) is 13.4. The summed E-state index contributed by atoms with van der Waals surface area (Å²) in [5.74, 6) is 0.558. The van der Waals surface area contributed by atoms with E-state index in [4.69, 9.17) is 0 Å². The number of rotatable bonds is 7. The van der Waals surface area contributed by atoms with Gasteiger partial charge < -0.3 is 10.6 Å². The third-order valence-electron chi connectivity index (χ3n) is 2.27. The third kappa shape index (κ3) is 4.80. The Balaban J connectivity index is 2.55. The zero-order valence-electron chi connectivity index (χ0n) is 10.5. The lowest BCUT2D eigenvalue weighted by molar-refractivity contribution is 0.0948. The van der Waals surface area contributed by atoms with Crippen LogP contribution >= 0.6 is 0 Å². The average molecular weight is 236 g/mol. The van der Waals surface area contributed by atoms with Crippen LogP contribution in [0.3, 0.4) is 0 Å². The highest BCUT2D eigenvalue weighted by Crippen LogP contribution is 2.04. The quantitative estimate of drug-likeness (QED) is 0.709. The van der Waals surface area contributed by atoms with E-state index in [-0.39, 0.29) is 5.91 Å². The van der Waals surface area contributed by atoms with Crippen molar-refractivity contribution in [3.05, 3.63) is 18.1 Å². The van der Waals surface area contributed by atoms with E-state index in [0.29, 0.717) is 18.1 Å². The molecule has 0 radical (unpaired) electrons. The fourth-order valence-corrected chi connectivity index (χ4v) is 1.30. The maximum absolute atomic E-state index is 11.7. The van der Waals surface area contributed by atoms with Gasteiger partial charge in [-0.15, -0.1) is 0 Å². The summed E-state index contributed by atoms with van der Waals surface area (Å²) in [6, 6.07) is 1.68. The first-order chi connectivity index (χ1) is 8.27. The molecule has 0 unspecified atom stereocenters. The molecule has 0 aliphatic heterocycles. The van der Waals surface area contributed by atoms with Crippen LogP contribution in [0.4, 0.5) is 5.82 Å². The van der Waals surface area contributed by atoms with Gasteiger partial charge in [0.05, 0.1) is 0 Å². The Bertz CT molecular complexity index is 354. The van der Waals surface area contributed by atoms with Crippen LogP contribution in [0.25, 0.3) is 0 Å². The van der Waals surface area contributed by atoms with Crippen LogP contribution in [0.15, 0.2) is 12.4 Å². The molecular formula is C12H20N4O. The van der Waals surface area contributed by atoms with Crippen molar-refractivity contribution >= 4 is 11.7 Å². The minimum absolute atomic E-state index is 0.146. The molecule has 0 aromatic carbocycles. The highest BCUT2D eigenvalue weighted by atomic mass is 16.1. The third-order valence-corrected chi connectivity index (χ3v) is 2.27. The number of hydrogen-bond acceptors (Lipinski definition) is 4. The molecule has 0 atom stereocenters. The van der Waals surface area contributed by atoms with Gasteiger partial charge in [0.1, 0.15) is 17.8 Å². The minimum atomic E-state index is -0.146. The highest BCUT2D eigenvalue weighted by molar-refractivity contribution is 5.92. The second-order valence-corrected chi connectivity index (χ2v) is 3.82. The van der Waals surface area contributed by atoms with E-state index in [9.17, 15) is 4.79 Å². The van der Waals surface area contributed by atoms with Crippen molar-refractivity contribution < 1.29 is 4.79 Å². The Morgan fingerprint density at radius 2 is 2.06 bits per heavy atom. The standard InChI is InChI=1S/C12H20N4O/c1-3-5-7-13-11-8-10(15-9-16-11)12(17)14-6-4-2/h8-9H,3-7H2,1-2H3,(H,14,17)(H,13,15,16). The molecule has 0 fully saturated rings. The Morgan fingerprint density at radius 1 is 1.24 bits per heavy atom. The van der Waals surface area contributed by atoms with Crippen molar-refractivity contribution in [1.29, 1.82) is 0 Å². The summed E-state index contributed by atoms with van der Waals surface area (Å²) in [4.78, 5) is 19.7. The van der Waals surface area contributed by atoms with Gasteiger partial charge in [-0.3, -0.25) is 4.79 Å². The molecule has 0 bridgehead atoms. The van der Waals surface area contributed by atoms with E-state index in [0.717, 1.165) is 25.8 Å². The Morgan fingerprint density at radius 3 is 2.76 bits per heavy atom. The van der Waals surface area contributed by atoms with E-state index in [1.165, 1.54) is 6.33 Å². The fraction of sp³-hybridized carbons (Fsp3) is 0.583. The molecule has 0 aliphatic carbocycles. The monoisotopic (exact) mass is 236 g/mol. The van der Waals surface area contributed by atoms with Gasteiger partial charge in [-0.25, -0.2) is 9.97 Å². The summed E-state index contributed by atoms with van der Waals surface area (Å²) in [6.45, 7) is 5.67. The molecule has 0 aliphatic rings. The van der Waals surface area contributed by atoms with Gasteiger partial charge >= 0.3 is 0 Å². The molecule has 1 aromatic heterocycles. The van der Waals surface area contributed by atoms with Crippen molar-refractivity contribution in [2.45, 2.75) is 33.1 Å². The molecule has 1 amide bonds. The van der Waals surface area contributed by atoms with Gasteiger partial charge in [-0.05, 0) is 12.8 Å². The Hall–Kier alpha value is -1.65. The summed E-state index contributed by atoms with van der Waals surface area (Å²) >= 11 is 0. The molecule has 1 aromatic rings. The number of anilines is 1. The lowest BCUT2D eigenvalue weighted by Crippen LogP contribution is -2.25. The van der Waals surface area contributed by atoms with E-state index >= 15 is 0 Å². The number of carbonyl (C=O) groups excluding carboxylic acids is 1. The second kappa shape index (κ2) is 7.60. The first-order valence-corrected chi connectivity index (χ1v) is 6.12. The molecule has 5 heteroatoms. The van der Waals surface area contributed by atoms with Crippen LogP contribution in [0.1, 0.15) is 43.6 Å². The summed E-state index contributed by atoms with van der Waals surface area (Å²) in [7, 11) is 0. The van der Waals surface area contributed by atoms with Crippen molar-refractivity contribution in [3.63, 3.8) is 0 Å². The summed E-state index contributed by atoms with van der Waals surface area (Å²) < 4.78 is 0. The van der Waals surface area contributed by atoms with Gasteiger partial charge in [0.25, 0.3) is 5.91 Å². The van der Waals surface area contributed by atoms with Gasteiger partial charge in [0.15, 0.2) is 0 Å². The number of unbranched alkanes of at least 4 members (excludes halogenated alkanes) is 1. The molecule has 94 valence electrons. The lowest BCUT2D eigenvalue weighted by Gasteiger charge is -2.06. The van der Waals surface area contributed by atoms with E-state index < -0.39 is 0 Å². The van der Waals surface area contributed by atoms with Gasteiger partial charge in [-0.1, -0.05) is 20.3 Å². The van der Waals surface area contributed by atoms with Crippen molar-refractivity contribution in [3.8, 4) is 0 Å². The van der Waals surface area contributed by atoms with Crippen LogP contribution in [0.2, 0.25) is 0 Å². The topological polar surface area (TPSA) is 66.9 Å². The van der Waals surface area contributed by atoms with Crippen molar-refractivity contribution in [2.24, 2.45) is 0 Å². The first-order valence-electron chi connectivity index (χ1n) is 6.12. The largest absolute Gasteiger partial charge is 0.370 e. The summed E-state index contributed by atoms with van der Waals surface area (Å²) in [6.07, 6.45) is 4.54. The van der Waals surface area contributed by atoms with Crippen molar-refractivity contribution in [1.82, 2.24) is 15.3 Å². The Labute approximate surface area is 102 Å². The highest BCUT2D eigenvalue weighted by Gasteiger charge is 2.07. The zero-order chi connectivity index (χ0) is 12.5. The minimum Gasteiger partial charge on any atom is -0.370 e.